The molecule has 0 aromatic heterocycles. The molecule has 3 heterocycles. The van der Waals surface area contributed by atoms with E-state index in [-0.39, 0.29) is 24.1 Å². The third-order valence-electron chi connectivity index (χ3n) is 5.03. The van der Waals surface area contributed by atoms with Gasteiger partial charge in [-0.2, -0.15) is 0 Å². The lowest BCUT2D eigenvalue weighted by Gasteiger charge is -2.38. The number of benzene rings is 1. The van der Waals surface area contributed by atoms with Crippen LogP contribution in [0.2, 0.25) is 0 Å². The smallest absolute Gasteiger partial charge is 0.326 e. The predicted octanol–water partition coefficient (Wildman–Crippen LogP) is -1.33. The first-order valence-corrected chi connectivity index (χ1v) is 8.45. The van der Waals surface area contributed by atoms with Crippen molar-refractivity contribution >= 4 is 23.8 Å². The highest BCUT2D eigenvalue weighted by Gasteiger charge is 2.49. The molecular weight excluding hydrogens is 358 g/mol. The molecule has 2 saturated heterocycles. The van der Waals surface area contributed by atoms with Gasteiger partial charge in [0.2, 0.25) is 0 Å². The molecule has 0 aliphatic carbocycles. The van der Waals surface area contributed by atoms with E-state index in [1.165, 1.54) is 12.1 Å². The third kappa shape index (κ3) is 2.69. The normalized spacial score (nSPS) is 30.7. The number of carbonyl (C=O) groups is 4. The minimum absolute atomic E-state index is 0.0433. The first kappa shape index (κ1) is 17.6. The Morgan fingerprint density at radius 1 is 1.11 bits per heavy atom. The van der Waals surface area contributed by atoms with Crippen LogP contribution in [0.5, 0.6) is 0 Å². The molecule has 3 aliphatic heterocycles. The Morgan fingerprint density at radius 2 is 1.74 bits per heavy atom. The largest absolute Gasteiger partial charge is 0.394 e. The van der Waals surface area contributed by atoms with Crippen molar-refractivity contribution in [3.05, 3.63) is 35.4 Å². The summed E-state index contributed by atoms with van der Waals surface area (Å²) in [5, 5.41) is 21.2. The number of ether oxygens (including phenoxy) is 1. The van der Waals surface area contributed by atoms with E-state index in [9.17, 15) is 29.4 Å². The van der Waals surface area contributed by atoms with Crippen molar-refractivity contribution in [1.29, 1.82) is 0 Å². The summed E-state index contributed by atoms with van der Waals surface area (Å²) >= 11 is 0. The van der Waals surface area contributed by atoms with Gasteiger partial charge in [0.05, 0.1) is 30.4 Å². The second kappa shape index (κ2) is 6.41. The Bertz CT molecular complexity index is 807. The molecule has 27 heavy (non-hydrogen) atoms. The van der Waals surface area contributed by atoms with Crippen molar-refractivity contribution in [1.82, 2.24) is 15.1 Å². The maximum atomic E-state index is 12.6. The van der Waals surface area contributed by atoms with Gasteiger partial charge in [-0.3, -0.25) is 29.5 Å². The zero-order valence-electron chi connectivity index (χ0n) is 14.1. The van der Waals surface area contributed by atoms with Crippen molar-refractivity contribution in [2.24, 2.45) is 0 Å². The average Bonchev–Trinajstić information content (AvgIpc) is 3.14. The van der Waals surface area contributed by atoms with E-state index >= 15 is 0 Å². The van der Waals surface area contributed by atoms with Crippen molar-refractivity contribution in [2.75, 3.05) is 13.2 Å². The summed E-state index contributed by atoms with van der Waals surface area (Å²) in [6, 6.07) is 4.27. The number of fused-ring (bicyclic) bond motifs is 1. The third-order valence-corrected chi connectivity index (χ3v) is 5.03. The fraction of sp³-hybridized carbons (Fsp3) is 0.412. The molecule has 1 aromatic carbocycles. The summed E-state index contributed by atoms with van der Waals surface area (Å²) in [5.41, 5.74) is 0.401. The van der Waals surface area contributed by atoms with Crippen LogP contribution in [0.3, 0.4) is 0 Å². The number of aliphatic hydroxyl groups excluding tert-OH is 2. The van der Waals surface area contributed by atoms with E-state index in [0.29, 0.717) is 0 Å². The Kier molecular flexibility index (Phi) is 4.17. The average molecular weight is 375 g/mol. The van der Waals surface area contributed by atoms with Gasteiger partial charge < -0.3 is 14.9 Å². The number of hydrogen-bond donors (Lipinski definition) is 3. The molecule has 3 N–H and O–H groups in total. The van der Waals surface area contributed by atoms with Gasteiger partial charge in [-0.05, 0) is 12.1 Å². The van der Waals surface area contributed by atoms with E-state index in [1.54, 1.807) is 12.1 Å². The summed E-state index contributed by atoms with van der Waals surface area (Å²) in [6.45, 7) is -0.681. The molecule has 142 valence electrons. The van der Waals surface area contributed by atoms with E-state index < -0.39 is 54.8 Å². The van der Waals surface area contributed by atoms with Crippen LogP contribution in [0.25, 0.3) is 0 Å². The number of nitrogens with one attached hydrogen (secondary N) is 1. The van der Waals surface area contributed by atoms with E-state index in [1.807, 2.05) is 0 Å². The second-order valence-corrected chi connectivity index (χ2v) is 6.60. The van der Waals surface area contributed by atoms with Gasteiger partial charge in [0.25, 0.3) is 17.7 Å². The lowest BCUT2D eigenvalue weighted by molar-refractivity contribution is -0.129. The standard InChI is InChI=1S/C17H17N3O7/c21-7-12-11(22)5-13(27-12)19-6-10(14(23)18-17(19)26)20-15(24)8-3-1-2-4-9(8)16(20)25/h1-4,10-13,21-22H,5-7H2,(H,18,23,26)/t10?,11-,12+,13+/m0/s1. The number of rotatable bonds is 3. The molecule has 0 radical (unpaired) electrons. The lowest BCUT2D eigenvalue weighted by atomic mass is 10.1. The molecule has 1 unspecified atom stereocenters. The highest BCUT2D eigenvalue weighted by Crippen LogP contribution is 2.29. The molecule has 0 saturated carbocycles. The first-order valence-electron chi connectivity index (χ1n) is 8.45. The molecule has 3 aliphatic rings. The van der Waals surface area contributed by atoms with Gasteiger partial charge in [0.1, 0.15) is 18.4 Å². The number of hydrogen-bond acceptors (Lipinski definition) is 7. The molecule has 2 fully saturated rings. The van der Waals surface area contributed by atoms with E-state index in [2.05, 4.69) is 5.32 Å². The maximum Gasteiger partial charge on any atom is 0.326 e. The van der Waals surface area contributed by atoms with Gasteiger partial charge in [-0.25, -0.2) is 4.79 Å². The van der Waals surface area contributed by atoms with E-state index in [4.69, 9.17) is 4.74 Å². The molecule has 4 atom stereocenters. The number of amides is 5. The van der Waals surface area contributed by atoms with Gasteiger partial charge in [0, 0.05) is 6.42 Å². The highest BCUT2D eigenvalue weighted by atomic mass is 16.5. The Labute approximate surface area is 153 Å². The molecule has 0 bridgehead atoms. The molecular formula is C17H17N3O7. The van der Waals surface area contributed by atoms with Crippen LogP contribution >= 0.6 is 0 Å². The molecule has 5 amide bonds. The lowest BCUT2D eigenvalue weighted by Crippen LogP contribution is -2.65. The molecule has 4 rings (SSSR count). The fourth-order valence-corrected chi connectivity index (χ4v) is 3.62. The molecule has 10 heteroatoms. The van der Waals surface area contributed by atoms with Crippen LogP contribution in [0.15, 0.2) is 24.3 Å². The van der Waals surface area contributed by atoms with Crippen LogP contribution in [0.4, 0.5) is 4.79 Å². The van der Waals surface area contributed by atoms with E-state index in [0.717, 1.165) is 9.80 Å². The zero-order valence-corrected chi connectivity index (χ0v) is 14.1. The highest BCUT2D eigenvalue weighted by molar-refractivity contribution is 6.23. The van der Waals surface area contributed by atoms with Crippen molar-refractivity contribution in [3.8, 4) is 0 Å². The van der Waals surface area contributed by atoms with Gasteiger partial charge in [-0.15, -0.1) is 0 Å². The number of aliphatic hydroxyl groups is 2. The quantitative estimate of drug-likeness (QED) is 0.557. The number of nitrogens with zero attached hydrogens (tertiary/aromatic N) is 2. The summed E-state index contributed by atoms with van der Waals surface area (Å²) in [6.07, 6.45) is -2.66. The Balaban J connectivity index is 1.59. The second-order valence-electron chi connectivity index (χ2n) is 6.60. The van der Waals surface area contributed by atoms with Crippen molar-refractivity contribution < 1.29 is 34.1 Å². The summed E-state index contributed by atoms with van der Waals surface area (Å²) < 4.78 is 5.46. The van der Waals surface area contributed by atoms with Gasteiger partial charge >= 0.3 is 6.03 Å². The number of carbonyl (C=O) groups excluding carboxylic acids is 4. The molecule has 0 spiro atoms. The topological polar surface area (TPSA) is 136 Å². The fourth-order valence-electron chi connectivity index (χ4n) is 3.62. The zero-order chi connectivity index (χ0) is 19.3. The van der Waals surface area contributed by atoms with Crippen LogP contribution in [0.1, 0.15) is 27.1 Å². The minimum atomic E-state index is -1.22. The van der Waals surface area contributed by atoms with Crippen LogP contribution in [-0.4, -0.2) is 81.4 Å². The molecule has 10 nitrogen and oxygen atoms in total. The monoisotopic (exact) mass is 375 g/mol. The summed E-state index contributed by atoms with van der Waals surface area (Å²) in [5.74, 6) is -1.97. The van der Waals surface area contributed by atoms with Gasteiger partial charge in [-0.1, -0.05) is 12.1 Å². The van der Waals surface area contributed by atoms with Gasteiger partial charge in [0.15, 0.2) is 0 Å². The maximum absolute atomic E-state index is 12.6. The van der Waals surface area contributed by atoms with Crippen molar-refractivity contribution in [2.45, 2.75) is 30.9 Å². The molecule has 1 aromatic rings. The number of imide groups is 2. The summed E-state index contributed by atoms with van der Waals surface area (Å²) in [4.78, 5) is 51.8. The number of urea groups is 1. The van der Waals surface area contributed by atoms with Crippen LogP contribution in [-0.2, 0) is 9.53 Å². The summed E-state index contributed by atoms with van der Waals surface area (Å²) in [7, 11) is 0. The minimum Gasteiger partial charge on any atom is -0.394 e. The SMILES string of the molecule is O=C1NC(=O)N([C@H]2C[C@H](O)[C@@H](CO)O2)CC1N1C(=O)c2ccccc2C1=O. The van der Waals surface area contributed by atoms with Crippen LogP contribution in [0, 0.1) is 0 Å². The van der Waals surface area contributed by atoms with Crippen molar-refractivity contribution in [3.63, 3.8) is 0 Å². The Morgan fingerprint density at radius 3 is 2.30 bits per heavy atom. The predicted molar refractivity (Wildman–Crippen MR) is 87.3 cm³/mol. The first-order chi connectivity index (χ1) is 12.9. The Hall–Kier alpha value is -2.82. The van der Waals surface area contributed by atoms with Crippen LogP contribution < -0.4 is 5.32 Å².